The van der Waals surface area contributed by atoms with Crippen LogP contribution < -0.4 is 10.2 Å². The first-order valence-electron chi connectivity index (χ1n) is 10.4. The van der Waals surface area contributed by atoms with Gasteiger partial charge in [0.25, 0.3) is 0 Å². The molecule has 2 atom stereocenters. The number of likely N-dealkylation sites (tertiary alicyclic amines) is 1. The highest BCUT2D eigenvalue weighted by Gasteiger charge is 2.23. The number of halogens is 1. The number of nitrogens with zero attached hydrogens (tertiary/aromatic N) is 6. The lowest BCUT2D eigenvalue weighted by atomic mass is 9.92. The van der Waals surface area contributed by atoms with Crippen LogP contribution in [0.25, 0.3) is 0 Å². The Morgan fingerprint density at radius 1 is 1.11 bits per heavy atom. The van der Waals surface area contributed by atoms with Crippen LogP contribution in [0.2, 0.25) is 0 Å². The summed E-state index contributed by atoms with van der Waals surface area (Å²) in [4.78, 5) is 20.8. The number of aromatic nitrogens is 2. The largest absolute Gasteiger partial charge is 0.357 e. The van der Waals surface area contributed by atoms with Crippen LogP contribution in [0.3, 0.4) is 0 Å². The van der Waals surface area contributed by atoms with Crippen LogP contribution in [0.15, 0.2) is 23.5 Å². The fourth-order valence-electron chi connectivity index (χ4n) is 4.27. The Bertz CT molecular complexity index is 579. The molecule has 3 rings (SSSR count). The van der Waals surface area contributed by atoms with Crippen molar-refractivity contribution in [3.8, 4) is 0 Å². The van der Waals surface area contributed by atoms with Crippen molar-refractivity contribution in [2.75, 3.05) is 63.8 Å². The van der Waals surface area contributed by atoms with Gasteiger partial charge in [-0.2, -0.15) is 0 Å². The van der Waals surface area contributed by atoms with Crippen molar-refractivity contribution in [1.29, 1.82) is 0 Å². The lowest BCUT2D eigenvalue weighted by Gasteiger charge is -2.37. The summed E-state index contributed by atoms with van der Waals surface area (Å²) in [7, 11) is 0. The summed E-state index contributed by atoms with van der Waals surface area (Å²) in [5.74, 6) is 3.48. The SMILES string of the molecule is CCNC(=NCCN1CC(C)CC(C)C1)N1CCN(c2ncccn2)CC1.I. The van der Waals surface area contributed by atoms with Crippen LogP contribution in [0, 0.1) is 11.8 Å². The van der Waals surface area contributed by atoms with Gasteiger partial charge in [-0.1, -0.05) is 13.8 Å². The summed E-state index contributed by atoms with van der Waals surface area (Å²) in [6, 6.07) is 1.86. The maximum atomic E-state index is 4.92. The average molecular weight is 501 g/mol. The minimum atomic E-state index is 0. The van der Waals surface area contributed by atoms with Crippen LogP contribution in [0.5, 0.6) is 0 Å². The number of nitrogens with one attached hydrogen (secondary N) is 1. The molecule has 0 aliphatic carbocycles. The molecule has 2 fully saturated rings. The minimum absolute atomic E-state index is 0. The van der Waals surface area contributed by atoms with Gasteiger partial charge in [0.2, 0.25) is 5.95 Å². The zero-order valence-corrected chi connectivity index (χ0v) is 19.9. The molecule has 3 heterocycles. The summed E-state index contributed by atoms with van der Waals surface area (Å²) in [6.45, 7) is 15.9. The van der Waals surface area contributed by atoms with E-state index in [1.165, 1.54) is 19.5 Å². The predicted octanol–water partition coefficient (Wildman–Crippen LogP) is 2.16. The number of aliphatic imine (C=N–C) groups is 1. The first-order valence-corrected chi connectivity index (χ1v) is 10.4. The van der Waals surface area contributed by atoms with Crippen molar-refractivity contribution in [1.82, 2.24) is 25.1 Å². The Kier molecular flexibility index (Phi) is 9.70. The maximum Gasteiger partial charge on any atom is 0.225 e. The molecule has 1 aromatic heterocycles. The fourth-order valence-corrected chi connectivity index (χ4v) is 4.27. The normalized spacial score (nSPS) is 24.0. The average Bonchev–Trinajstić information content (AvgIpc) is 2.67. The number of rotatable bonds is 5. The first kappa shape index (κ1) is 23.1. The molecule has 7 nitrogen and oxygen atoms in total. The third-order valence-electron chi connectivity index (χ3n) is 5.37. The smallest absolute Gasteiger partial charge is 0.225 e. The van der Waals surface area contributed by atoms with Gasteiger partial charge in [0, 0.05) is 64.8 Å². The van der Waals surface area contributed by atoms with Crippen molar-refractivity contribution in [3.63, 3.8) is 0 Å². The second kappa shape index (κ2) is 11.7. The van der Waals surface area contributed by atoms with Gasteiger partial charge < -0.3 is 20.0 Å². The summed E-state index contributed by atoms with van der Waals surface area (Å²) in [5.41, 5.74) is 0. The third-order valence-corrected chi connectivity index (χ3v) is 5.37. The zero-order chi connectivity index (χ0) is 19.1. The number of hydrogen-bond acceptors (Lipinski definition) is 5. The summed E-state index contributed by atoms with van der Waals surface area (Å²) in [6.07, 6.45) is 4.98. The molecule has 28 heavy (non-hydrogen) atoms. The van der Waals surface area contributed by atoms with Crippen LogP contribution in [0.4, 0.5) is 5.95 Å². The Morgan fingerprint density at radius 3 is 2.36 bits per heavy atom. The molecule has 0 aromatic carbocycles. The highest BCUT2D eigenvalue weighted by Crippen LogP contribution is 2.20. The van der Waals surface area contributed by atoms with E-state index in [0.717, 1.165) is 69.6 Å². The van der Waals surface area contributed by atoms with E-state index in [2.05, 4.69) is 50.8 Å². The molecule has 2 aliphatic heterocycles. The molecule has 2 unspecified atom stereocenters. The van der Waals surface area contributed by atoms with E-state index in [1.807, 2.05) is 18.5 Å². The van der Waals surface area contributed by atoms with Crippen LogP contribution in [-0.4, -0.2) is 84.6 Å². The molecule has 0 bridgehead atoms. The number of guanidine groups is 1. The third kappa shape index (κ3) is 6.72. The van der Waals surface area contributed by atoms with E-state index in [0.29, 0.717) is 0 Å². The van der Waals surface area contributed by atoms with E-state index in [1.54, 1.807) is 0 Å². The van der Waals surface area contributed by atoms with Crippen LogP contribution in [-0.2, 0) is 0 Å². The Labute approximate surface area is 187 Å². The monoisotopic (exact) mass is 501 g/mol. The molecule has 158 valence electrons. The van der Waals surface area contributed by atoms with E-state index in [4.69, 9.17) is 4.99 Å². The zero-order valence-electron chi connectivity index (χ0n) is 17.5. The van der Waals surface area contributed by atoms with Gasteiger partial charge >= 0.3 is 0 Å². The Balaban J connectivity index is 0.00000280. The van der Waals surface area contributed by atoms with Crippen molar-refractivity contribution >= 4 is 35.9 Å². The molecule has 8 heteroatoms. The predicted molar refractivity (Wildman–Crippen MR) is 127 cm³/mol. The second-order valence-corrected chi connectivity index (χ2v) is 7.96. The maximum absolute atomic E-state index is 4.92. The van der Waals surface area contributed by atoms with Crippen molar-refractivity contribution in [3.05, 3.63) is 18.5 Å². The molecule has 2 aliphatic rings. The number of piperazine rings is 1. The molecular formula is C20H36IN7. The molecule has 2 saturated heterocycles. The standard InChI is InChI=1S/C20H35N7.HI/c1-4-21-19(24-8-9-25-15-17(2)14-18(3)16-25)26-10-12-27(13-11-26)20-22-6-5-7-23-20;/h5-7,17-18H,4,8-16H2,1-3H3,(H,21,24);1H. The van der Waals surface area contributed by atoms with Gasteiger partial charge in [-0.05, 0) is 31.2 Å². The summed E-state index contributed by atoms with van der Waals surface area (Å²) in [5, 5.41) is 3.47. The first-order chi connectivity index (χ1) is 13.2. The lowest BCUT2D eigenvalue weighted by Crippen LogP contribution is -2.53. The number of hydrogen-bond donors (Lipinski definition) is 1. The van der Waals surface area contributed by atoms with Crippen LogP contribution in [0.1, 0.15) is 27.2 Å². The summed E-state index contributed by atoms with van der Waals surface area (Å²) < 4.78 is 0. The van der Waals surface area contributed by atoms with E-state index in [9.17, 15) is 0 Å². The van der Waals surface area contributed by atoms with Gasteiger partial charge in [-0.3, -0.25) is 4.99 Å². The van der Waals surface area contributed by atoms with Crippen molar-refractivity contribution in [2.45, 2.75) is 27.2 Å². The lowest BCUT2D eigenvalue weighted by molar-refractivity contribution is 0.145. The Hall–Kier alpha value is -1.16. The minimum Gasteiger partial charge on any atom is -0.357 e. The van der Waals surface area contributed by atoms with Crippen molar-refractivity contribution < 1.29 is 0 Å². The molecule has 0 radical (unpaired) electrons. The van der Waals surface area contributed by atoms with E-state index in [-0.39, 0.29) is 24.0 Å². The highest BCUT2D eigenvalue weighted by molar-refractivity contribution is 14.0. The molecule has 0 saturated carbocycles. The molecule has 0 amide bonds. The van der Waals surface area contributed by atoms with Crippen LogP contribution >= 0.6 is 24.0 Å². The van der Waals surface area contributed by atoms with E-state index < -0.39 is 0 Å². The topological polar surface area (TPSA) is 59.9 Å². The molecular weight excluding hydrogens is 465 g/mol. The highest BCUT2D eigenvalue weighted by atomic mass is 127. The second-order valence-electron chi connectivity index (χ2n) is 7.96. The van der Waals surface area contributed by atoms with Gasteiger partial charge in [0.1, 0.15) is 0 Å². The fraction of sp³-hybridized carbons (Fsp3) is 0.750. The molecule has 1 N–H and O–H groups in total. The van der Waals surface area contributed by atoms with Gasteiger partial charge in [-0.15, -0.1) is 24.0 Å². The quantitative estimate of drug-likeness (QED) is 0.379. The summed E-state index contributed by atoms with van der Waals surface area (Å²) >= 11 is 0. The van der Waals surface area contributed by atoms with E-state index >= 15 is 0 Å². The molecule has 1 aromatic rings. The Morgan fingerprint density at radius 2 is 1.75 bits per heavy atom. The van der Waals surface area contributed by atoms with Gasteiger partial charge in [0.05, 0.1) is 6.54 Å². The van der Waals surface area contributed by atoms with Gasteiger partial charge in [0.15, 0.2) is 5.96 Å². The number of piperidine rings is 1. The van der Waals surface area contributed by atoms with Crippen molar-refractivity contribution in [2.24, 2.45) is 16.8 Å². The number of anilines is 1. The molecule has 0 spiro atoms. The van der Waals surface area contributed by atoms with Gasteiger partial charge in [-0.25, -0.2) is 9.97 Å².